The smallest absolute Gasteiger partial charge is 0.354 e. The second-order valence-electron chi connectivity index (χ2n) is 6.15. The van der Waals surface area contributed by atoms with Gasteiger partial charge in [-0.25, -0.2) is 9.97 Å². The molecule has 0 unspecified atom stereocenters. The molecule has 136 valence electrons. The van der Waals surface area contributed by atoms with E-state index < -0.39 is 11.7 Å². The number of thiazole rings is 1. The highest BCUT2D eigenvalue weighted by atomic mass is 32.1. The van der Waals surface area contributed by atoms with Gasteiger partial charge in [-0.05, 0) is 25.0 Å². The molecule has 4 nitrogen and oxygen atoms in total. The topological polar surface area (TPSA) is 32.3 Å². The summed E-state index contributed by atoms with van der Waals surface area (Å²) in [6, 6.07) is 2.55. The summed E-state index contributed by atoms with van der Waals surface area (Å²) in [4.78, 5) is 13.0. The van der Waals surface area contributed by atoms with Crippen LogP contribution in [0.15, 0.2) is 23.7 Å². The van der Waals surface area contributed by atoms with Crippen LogP contribution in [0, 0.1) is 0 Å². The predicted molar refractivity (Wildman–Crippen MR) is 92.8 cm³/mol. The van der Waals surface area contributed by atoms with Gasteiger partial charge in [-0.15, -0.1) is 11.3 Å². The van der Waals surface area contributed by atoms with Crippen LogP contribution in [0.1, 0.15) is 29.6 Å². The van der Waals surface area contributed by atoms with E-state index in [2.05, 4.69) is 27.2 Å². The van der Waals surface area contributed by atoms with Crippen LogP contribution in [0.3, 0.4) is 0 Å². The summed E-state index contributed by atoms with van der Waals surface area (Å²) in [7, 11) is 0. The van der Waals surface area contributed by atoms with Gasteiger partial charge in [0.1, 0.15) is 5.82 Å². The summed E-state index contributed by atoms with van der Waals surface area (Å²) < 4.78 is 37.8. The van der Waals surface area contributed by atoms with Crippen molar-refractivity contribution >= 4 is 17.2 Å². The third-order valence-corrected chi connectivity index (χ3v) is 5.18. The predicted octanol–water partition coefficient (Wildman–Crippen LogP) is 3.83. The summed E-state index contributed by atoms with van der Waals surface area (Å²) in [6.07, 6.45) is -1.30. The second-order valence-corrected chi connectivity index (χ2v) is 7.09. The maximum Gasteiger partial charge on any atom is 0.417 e. The van der Waals surface area contributed by atoms with Crippen molar-refractivity contribution in [2.45, 2.75) is 32.5 Å². The van der Waals surface area contributed by atoms with Crippen molar-refractivity contribution in [3.8, 4) is 0 Å². The minimum absolute atomic E-state index is 0.603. The average Bonchev–Trinajstić information content (AvgIpc) is 3.02. The van der Waals surface area contributed by atoms with Gasteiger partial charge in [-0.2, -0.15) is 13.2 Å². The lowest BCUT2D eigenvalue weighted by atomic mass is 10.2. The Morgan fingerprint density at radius 1 is 1.16 bits per heavy atom. The third kappa shape index (κ3) is 4.70. The van der Waals surface area contributed by atoms with Crippen LogP contribution >= 0.6 is 11.3 Å². The van der Waals surface area contributed by atoms with Gasteiger partial charge in [0, 0.05) is 44.3 Å². The van der Waals surface area contributed by atoms with Crippen LogP contribution in [-0.4, -0.2) is 41.0 Å². The van der Waals surface area contributed by atoms with E-state index in [4.69, 9.17) is 0 Å². The van der Waals surface area contributed by atoms with Crippen LogP contribution in [-0.2, 0) is 19.1 Å². The zero-order valence-corrected chi connectivity index (χ0v) is 14.9. The van der Waals surface area contributed by atoms with Crippen LogP contribution in [0.2, 0.25) is 0 Å². The number of halogens is 3. The van der Waals surface area contributed by atoms with Gasteiger partial charge in [0.05, 0.1) is 16.3 Å². The number of nitrogens with zero attached hydrogens (tertiary/aromatic N) is 4. The van der Waals surface area contributed by atoms with Gasteiger partial charge in [-0.3, -0.25) is 4.90 Å². The molecule has 0 saturated carbocycles. The molecule has 1 aliphatic rings. The fraction of sp³-hybridized carbons (Fsp3) is 0.529. The van der Waals surface area contributed by atoms with Crippen molar-refractivity contribution in [1.29, 1.82) is 0 Å². The molecule has 3 heterocycles. The molecule has 0 amide bonds. The minimum Gasteiger partial charge on any atom is -0.354 e. The van der Waals surface area contributed by atoms with Gasteiger partial charge in [0.15, 0.2) is 0 Å². The monoisotopic (exact) mass is 370 g/mol. The summed E-state index contributed by atoms with van der Waals surface area (Å²) in [5.74, 6) is 0.603. The van der Waals surface area contributed by atoms with Gasteiger partial charge in [-0.1, -0.05) is 6.92 Å². The minimum atomic E-state index is -4.34. The second kappa shape index (κ2) is 7.70. The number of rotatable bonds is 5. The zero-order valence-electron chi connectivity index (χ0n) is 14.1. The Balaban J connectivity index is 1.52. The number of hydrogen-bond donors (Lipinski definition) is 0. The molecule has 0 bridgehead atoms. The molecule has 0 aliphatic carbocycles. The lowest BCUT2D eigenvalue weighted by Crippen LogP contribution is -2.46. The van der Waals surface area contributed by atoms with Gasteiger partial charge < -0.3 is 4.90 Å². The molecular weight excluding hydrogens is 349 g/mol. The number of pyridine rings is 1. The first kappa shape index (κ1) is 18.1. The van der Waals surface area contributed by atoms with E-state index in [0.717, 1.165) is 63.5 Å². The number of hydrogen-bond acceptors (Lipinski definition) is 5. The Morgan fingerprint density at radius 2 is 1.92 bits per heavy atom. The molecule has 1 saturated heterocycles. The van der Waals surface area contributed by atoms with Crippen molar-refractivity contribution in [1.82, 2.24) is 14.9 Å². The Labute approximate surface area is 149 Å². The molecule has 0 spiro atoms. The van der Waals surface area contributed by atoms with Crippen molar-refractivity contribution in [2.75, 3.05) is 31.1 Å². The number of anilines is 1. The Morgan fingerprint density at radius 3 is 2.52 bits per heavy atom. The lowest BCUT2D eigenvalue weighted by Gasteiger charge is -2.35. The van der Waals surface area contributed by atoms with E-state index in [1.165, 1.54) is 11.1 Å². The molecule has 1 aliphatic heterocycles. The summed E-state index contributed by atoms with van der Waals surface area (Å²) in [5.41, 5.74) is 0.399. The van der Waals surface area contributed by atoms with Crippen LogP contribution < -0.4 is 4.90 Å². The quantitative estimate of drug-likeness (QED) is 0.801. The van der Waals surface area contributed by atoms with Crippen molar-refractivity contribution in [3.05, 3.63) is 40.0 Å². The van der Waals surface area contributed by atoms with E-state index in [1.807, 2.05) is 4.90 Å². The van der Waals surface area contributed by atoms with E-state index in [9.17, 15) is 13.2 Å². The number of alkyl halides is 3. The highest BCUT2D eigenvalue weighted by molar-refractivity contribution is 7.09. The summed E-state index contributed by atoms with van der Waals surface area (Å²) >= 11 is 1.71. The highest BCUT2D eigenvalue weighted by Gasteiger charge is 2.31. The van der Waals surface area contributed by atoms with Gasteiger partial charge in [0.2, 0.25) is 0 Å². The normalized spacial score (nSPS) is 16.4. The third-order valence-electron chi connectivity index (χ3n) is 4.22. The Kier molecular flexibility index (Phi) is 5.58. The number of piperazine rings is 1. The molecule has 3 rings (SSSR count). The SMILES string of the molecule is CCCc1nc(CN2CCN(c3ccc(C(F)(F)F)cn3)CC2)cs1. The molecule has 2 aromatic rings. The molecule has 1 fully saturated rings. The highest BCUT2D eigenvalue weighted by Crippen LogP contribution is 2.29. The van der Waals surface area contributed by atoms with E-state index >= 15 is 0 Å². The molecule has 0 atom stereocenters. The fourth-order valence-corrected chi connectivity index (χ4v) is 3.75. The summed E-state index contributed by atoms with van der Waals surface area (Å²) in [6.45, 7) is 6.19. The van der Waals surface area contributed by atoms with Crippen LogP contribution in [0.4, 0.5) is 19.0 Å². The number of aryl methyl sites for hydroxylation is 1. The molecule has 0 aromatic carbocycles. The first-order valence-corrected chi connectivity index (χ1v) is 9.27. The van der Waals surface area contributed by atoms with Gasteiger partial charge >= 0.3 is 6.18 Å². The van der Waals surface area contributed by atoms with Crippen molar-refractivity contribution in [3.63, 3.8) is 0 Å². The van der Waals surface area contributed by atoms with Crippen LogP contribution in [0.5, 0.6) is 0 Å². The largest absolute Gasteiger partial charge is 0.417 e. The lowest BCUT2D eigenvalue weighted by molar-refractivity contribution is -0.137. The van der Waals surface area contributed by atoms with E-state index in [1.54, 1.807) is 11.3 Å². The molecule has 8 heteroatoms. The maximum atomic E-state index is 12.6. The fourth-order valence-electron chi connectivity index (χ4n) is 2.86. The summed E-state index contributed by atoms with van der Waals surface area (Å²) in [5, 5.41) is 3.31. The Bertz CT molecular complexity index is 676. The Hall–Kier alpha value is -1.67. The van der Waals surface area contributed by atoms with Gasteiger partial charge in [0.25, 0.3) is 0 Å². The number of aromatic nitrogens is 2. The zero-order chi connectivity index (χ0) is 17.9. The van der Waals surface area contributed by atoms with Crippen molar-refractivity contribution < 1.29 is 13.2 Å². The molecular formula is C17H21F3N4S. The van der Waals surface area contributed by atoms with Crippen LogP contribution in [0.25, 0.3) is 0 Å². The standard InChI is InChI=1S/C17H21F3N4S/c1-2-3-16-22-14(12-25-16)11-23-6-8-24(9-7-23)15-5-4-13(10-21-15)17(18,19)20/h4-5,10,12H,2-3,6-9,11H2,1H3. The first-order chi connectivity index (χ1) is 12.0. The van der Waals surface area contributed by atoms with Crippen molar-refractivity contribution in [2.24, 2.45) is 0 Å². The molecule has 0 radical (unpaired) electrons. The van der Waals surface area contributed by atoms with E-state index in [0.29, 0.717) is 5.82 Å². The first-order valence-electron chi connectivity index (χ1n) is 8.39. The molecule has 25 heavy (non-hydrogen) atoms. The maximum absolute atomic E-state index is 12.6. The average molecular weight is 370 g/mol. The van der Waals surface area contributed by atoms with E-state index in [-0.39, 0.29) is 0 Å². The molecule has 2 aromatic heterocycles. The molecule has 0 N–H and O–H groups in total.